The van der Waals surface area contributed by atoms with E-state index in [1.807, 2.05) is 0 Å². The van der Waals surface area contributed by atoms with Crippen LogP contribution in [-0.2, 0) is 0 Å². The summed E-state index contributed by atoms with van der Waals surface area (Å²) in [6, 6.07) is 1.45. The van der Waals surface area contributed by atoms with Gasteiger partial charge in [0.1, 0.15) is 0 Å². The van der Waals surface area contributed by atoms with Crippen LogP contribution in [0.15, 0.2) is 0 Å². The third-order valence-electron chi connectivity index (χ3n) is 0.956. The number of nitriles is 1. The van der Waals surface area contributed by atoms with Gasteiger partial charge < -0.3 is 0 Å². The lowest BCUT2D eigenvalue weighted by Gasteiger charge is -2.10. The molecule has 0 bridgehead atoms. The van der Waals surface area contributed by atoms with Crippen LogP contribution in [-0.4, -0.2) is 6.18 Å². The van der Waals surface area contributed by atoms with Gasteiger partial charge in [0.05, 0.1) is 12.0 Å². The molecule has 0 fully saturated rings. The SMILES string of the molecule is CC(CC#N)C(F)(F)F. The second kappa shape index (κ2) is 2.72. The van der Waals surface area contributed by atoms with Gasteiger partial charge in [-0.05, 0) is 0 Å². The van der Waals surface area contributed by atoms with Crippen molar-refractivity contribution in [2.45, 2.75) is 19.5 Å². The molecule has 1 unspecified atom stereocenters. The molecule has 0 heterocycles. The quantitative estimate of drug-likeness (QED) is 0.542. The molecule has 9 heavy (non-hydrogen) atoms. The first-order valence-corrected chi connectivity index (χ1v) is 2.42. The van der Waals surface area contributed by atoms with Gasteiger partial charge in [0.15, 0.2) is 0 Å². The van der Waals surface area contributed by atoms with Crippen LogP contribution in [0.1, 0.15) is 13.3 Å². The maximum absolute atomic E-state index is 11.5. The Morgan fingerprint density at radius 3 is 2.11 bits per heavy atom. The Kier molecular flexibility index (Phi) is 2.50. The van der Waals surface area contributed by atoms with E-state index in [2.05, 4.69) is 0 Å². The first kappa shape index (κ1) is 8.28. The molecule has 0 radical (unpaired) electrons. The maximum atomic E-state index is 11.5. The van der Waals surface area contributed by atoms with E-state index in [4.69, 9.17) is 5.26 Å². The van der Waals surface area contributed by atoms with Gasteiger partial charge in [0, 0.05) is 6.42 Å². The van der Waals surface area contributed by atoms with Crippen molar-refractivity contribution in [2.75, 3.05) is 0 Å². The molecule has 0 spiro atoms. The Balaban J connectivity index is 3.76. The lowest BCUT2D eigenvalue weighted by molar-refractivity contribution is -0.168. The molecule has 0 aliphatic carbocycles. The van der Waals surface area contributed by atoms with Crippen LogP contribution in [0.25, 0.3) is 0 Å². The zero-order valence-corrected chi connectivity index (χ0v) is 4.87. The molecule has 0 aliphatic heterocycles. The minimum atomic E-state index is -4.21. The summed E-state index contributed by atoms with van der Waals surface area (Å²) < 4.78 is 34.5. The highest BCUT2D eigenvalue weighted by molar-refractivity contribution is 4.76. The third kappa shape index (κ3) is 2.96. The van der Waals surface area contributed by atoms with Crippen molar-refractivity contribution in [3.05, 3.63) is 0 Å². The molecule has 0 amide bonds. The largest absolute Gasteiger partial charge is 0.392 e. The number of halogens is 3. The number of nitrogens with zero attached hydrogens (tertiary/aromatic N) is 1. The number of hydrogen-bond donors (Lipinski definition) is 0. The summed E-state index contributed by atoms with van der Waals surface area (Å²) >= 11 is 0. The predicted molar refractivity (Wildman–Crippen MR) is 25.4 cm³/mol. The molecule has 0 aromatic heterocycles. The first-order valence-electron chi connectivity index (χ1n) is 2.42. The normalized spacial score (nSPS) is 14.6. The zero-order chi connectivity index (χ0) is 7.49. The van der Waals surface area contributed by atoms with Gasteiger partial charge in [-0.2, -0.15) is 18.4 Å². The van der Waals surface area contributed by atoms with E-state index in [0.717, 1.165) is 6.92 Å². The van der Waals surface area contributed by atoms with Crippen LogP contribution in [0, 0.1) is 17.2 Å². The Morgan fingerprint density at radius 2 is 2.00 bits per heavy atom. The van der Waals surface area contributed by atoms with Crippen LogP contribution in [0.2, 0.25) is 0 Å². The van der Waals surface area contributed by atoms with Crippen molar-refractivity contribution in [2.24, 2.45) is 5.92 Å². The molecule has 0 saturated carbocycles. The predicted octanol–water partition coefficient (Wildman–Crippen LogP) is 2.10. The summed E-state index contributed by atoms with van der Waals surface area (Å²) in [5.74, 6) is -1.50. The fourth-order valence-electron chi connectivity index (χ4n) is 0.253. The van der Waals surface area contributed by atoms with Gasteiger partial charge in [0.2, 0.25) is 0 Å². The minimum absolute atomic E-state index is 0.455. The number of hydrogen-bond acceptors (Lipinski definition) is 1. The van der Waals surface area contributed by atoms with Crippen LogP contribution in [0.5, 0.6) is 0 Å². The van der Waals surface area contributed by atoms with Crippen LogP contribution < -0.4 is 0 Å². The molecule has 1 atom stereocenters. The molecule has 52 valence electrons. The molecule has 0 rings (SSSR count). The molecule has 1 nitrogen and oxygen atoms in total. The molecule has 0 aromatic rings. The standard InChI is InChI=1S/C5H6F3N/c1-4(2-3-9)5(6,7)8/h4H,2H2,1H3. The summed E-state index contributed by atoms with van der Waals surface area (Å²) in [5.41, 5.74) is 0. The highest BCUT2D eigenvalue weighted by Crippen LogP contribution is 2.27. The van der Waals surface area contributed by atoms with E-state index < -0.39 is 18.5 Å². The highest BCUT2D eigenvalue weighted by Gasteiger charge is 2.35. The summed E-state index contributed by atoms with van der Waals surface area (Å²) in [6.07, 6.45) is -4.67. The lowest BCUT2D eigenvalue weighted by Crippen LogP contribution is -2.18. The third-order valence-corrected chi connectivity index (χ3v) is 0.956. The molecular weight excluding hydrogens is 131 g/mol. The first-order chi connectivity index (χ1) is 3.98. The van der Waals surface area contributed by atoms with Crippen molar-refractivity contribution >= 4 is 0 Å². The maximum Gasteiger partial charge on any atom is 0.392 e. The van der Waals surface area contributed by atoms with E-state index in [1.54, 1.807) is 0 Å². The topological polar surface area (TPSA) is 23.8 Å². The van der Waals surface area contributed by atoms with Crippen LogP contribution in [0.3, 0.4) is 0 Å². The van der Waals surface area contributed by atoms with Gasteiger partial charge in [-0.3, -0.25) is 0 Å². The molecule has 0 aromatic carbocycles. The van der Waals surface area contributed by atoms with Crippen LogP contribution in [0.4, 0.5) is 13.2 Å². The average molecular weight is 137 g/mol. The second-order valence-corrected chi connectivity index (χ2v) is 1.80. The van der Waals surface area contributed by atoms with E-state index in [9.17, 15) is 13.2 Å². The fraction of sp³-hybridized carbons (Fsp3) is 0.800. The summed E-state index contributed by atoms with van der Waals surface area (Å²) in [5, 5.41) is 7.85. The van der Waals surface area contributed by atoms with E-state index >= 15 is 0 Å². The van der Waals surface area contributed by atoms with Crippen LogP contribution >= 0.6 is 0 Å². The Labute approximate surface area is 51.1 Å². The van der Waals surface area contributed by atoms with Gasteiger partial charge in [-0.1, -0.05) is 6.92 Å². The number of alkyl halides is 3. The lowest BCUT2D eigenvalue weighted by atomic mass is 10.1. The van der Waals surface area contributed by atoms with Gasteiger partial charge in [-0.25, -0.2) is 0 Å². The van der Waals surface area contributed by atoms with Gasteiger partial charge in [0.25, 0.3) is 0 Å². The van der Waals surface area contributed by atoms with Crippen molar-refractivity contribution in [3.63, 3.8) is 0 Å². The van der Waals surface area contributed by atoms with E-state index in [1.165, 1.54) is 6.07 Å². The Hall–Kier alpha value is -0.720. The second-order valence-electron chi connectivity index (χ2n) is 1.80. The summed E-state index contributed by atoms with van der Waals surface area (Å²) in [7, 11) is 0. The Morgan fingerprint density at radius 1 is 1.56 bits per heavy atom. The van der Waals surface area contributed by atoms with Crippen molar-refractivity contribution in [1.29, 1.82) is 5.26 Å². The van der Waals surface area contributed by atoms with Gasteiger partial charge >= 0.3 is 6.18 Å². The number of rotatable bonds is 1. The summed E-state index contributed by atoms with van der Waals surface area (Å²) in [6.45, 7) is 0.989. The zero-order valence-electron chi connectivity index (χ0n) is 4.87. The monoisotopic (exact) mass is 137 g/mol. The van der Waals surface area contributed by atoms with Crippen molar-refractivity contribution in [1.82, 2.24) is 0 Å². The van der Waals surface area contributed by atoms with E-state index in [-0.39, 0.29) is 0 Å². The highest BCUT2D eigenvalue weighted by atomic mass is 19.4. The molecule has 0 N–H and O–H groups in total. The summed E-state index contributed by atoms with van der Waals surface area (Å²) in [4.78, 5) is 0. The Bertz CT molecular complexity index is 121. The molecular formula is C5H6F3N. The van der Waals surface area contributed by atoms with Crippen molar-refractivity contribution < 1.29 is 13.2 Å². The molecule has 0 saturated heterocycles. The van der Waals surface area contributed by atoms with Crippen molar-refractivity contribution in [3.8, 4) is 6.07 Å². The fourth-order valence-corrected chi connectivity index (χ4v) is 0.253. The molecule has 0 aliphatic rings. The van der Waals surface area contributed by atoms with Gasteiger partial charge in [-0.15, -0.1) is 0 Å². The minimum Gasteiger partial charge on any atom is -0.198 e. The smallest absolute Gasteiger partial charge is 0.198 e. The van der Waals surface area contributed by atoms with E-state index in [0.29, 0.717) is 0 Å². The average Bonchev–Trinajstić information content (AvgIpc) is 1.64. The molecule has 4 heteroatoms.